The molecule has 1 aromatic rings. The standard InChI is InChI=1S/C12H17NO2S2/c1-9-4-6-16-10(9)11(14)13-5-7-17(15)12(2,3)8-13/h4,6H,5,7-8H2,1-3H3/t17-/m0/s1. The Kier molecular flexibility index (Phi) is 3.41. The smallest absolute Gasteiger partial charge is 0.264 e. The van der Waals surface area contributed by atoms with E-state index < -0.39 is 10.8 Å². The Morgan fingerprint density at radius 2 is 2.24 bits per heavy atom. The van der Waals surface area contributed by atoms with E-state index in [0.717, 1.165) is 10.4 Å². The highest BCUT2D eigenvalue weighted by atomic mass is 32.2. The van der Waals surface area contributed by atoms with Gasteiger partial charge in [0.05, 0.1) is 9.62 Å². The van der Waals surface area contributed by atoms with E-state index in [-0.39, 0.29) is 10.7 Å². The Hall–Kier alpha value is -0.680. The van der Waals surface area contributed by atoms with Gasteiger partial charge in [0.25, 0.3) is 5.91 Å². The van der Waals surface area contributed by atoms with Crippen LogP contribution in [0.5, 0.6) is 0 Å². The molecule has 0 aliphatic carbocycles. The van der Waals surface area contributed by atoms with Crippen LogP contribution in [-0.4, -0.2) is 38.6 Å². The lowest BCUT2D eigenvalue weighted by Crippen LogP contribution is -2.52. The van der Waals surface area contributed by atoms with Crippen molar-refractivity contribution < 1.29 is 9.00 Å². The van der Waals surface area contributed by atoms with Gasteiger partial charge < -0.3 is 4.90 Å². The monoisotopic (exact) mass is 271 g/mol. The van der Waals surface area contributed by atoms with Crippen LogP contribution in [0.1, 0.15) is 29.1 Å². The molecule has 1 aliphatic heterocycles. The van der Waals surface area contributed by atoms with Crippen LogP contribution >= 0.6 is 11.3 Å². The largest absolute Gasteiger partial charge is 0.336 e. The number of carbonyl (C=O) groups is 1. The first-order valence-corrected chi connectivity index (χ1v) is 7.83. The molecular weight excluding hydrogens is 254 g/mol. The van der Waals surface area contributed by atoms with Crippen molar-refractivity contribution in [2.75, 3.05) is 18.8 Å². The van der Waals surface area contributed by atoms with E-state index in [9.17, 15) is 9.00 Å². The summed E-state index contributed by atoms with van der Waals surface area (Å²) in [5, 5.41) is 1.94. The Morgan fingerprint density at radius 3 is 2.76 bits per heavy atom. The second kappa shape index (κ2) is 4.53. The highest BCUT2D eigenvalue weighted by Crippen LogP contribution is 2.24. The molecule has 1 saturated heterocycles. The van der Waals surface area contributed by atoms with Crippen LogP contribution in [-0.2, 0) is 10.8 Å². The Morgan fingerprint density at radius 1 is 1.53 bits per heavy atom. The van der Waals surface area contributed by atoms with Crippen molar-refractivity contribution in [1.82, 2.24) is 4.90 Å². The molecule has 1 amide bonds. The summed E-state index contributed by atoms with van der Waals surface area (Å²) in [6.07, 6.45) is 0. The molecule has 5 heteroatoms. The van der Waals surface area contributed by atoms with E-state index in [0.29, 0.717) is 18.8 Å². The molecule has 17 heavy (non-hydrogen) atoms. The fourth-order valence-corrected chi connectivity index (χ4v) is 4.12. The fraction of sp³-hybridized carbons (Fsp3) is 0.583. The van der Waals surface area contributed by atoms with Gasteiger partial charge in [-0.25, -0.2) is 0 Å². The Balaban J connectivity index is 2.17. The second-order valence-electron chi connectivity index (χ2n) is 4.97. The zero-order valence-electron chi connectivity index (χ0n) is 10.4. The summed E-state index contributed by atoms with van der Waals surface area (Å²) in [5.41, 5.74) is 1.03. The molecule has 0 aromatic carbocycles. The molecule has 1 aromatic heterocycles. The Bertz CT molecular complexity index is 465. The quantitative estimate of drug-likeness (QED) is 0.784. The third-order valence-electron chi connectivity index (χ3n) is 3.08. The normalized spacial score (nSPS) is 23.7. The highest BCUT2D eigenvalue weighted by Gasteiger charge is 2.35. The molecule has 0 spiro atoms. The van der Waals surface area contributed by atoms with Crippen molar-refractivity contribution in [3.05, 3.63) is 21.9 Å². The predicted octanol–water partition coefficient (Wildman–Crippen LogP) is 2.04. The van der Waals surface area contributed by atoms with Crippen molar-refractivity contribution in [3.63, 3.8) is 0 Å². The molecule has 0 radical (unpaired) electrons. The van der Waals surface area contributed by atoms with Crippen LogP contribution in [0.15, 0.2) is 11.4 Å². The third kappa shape index (κ3) is 2.45. The van der Waals surface area contributed by atoms with Crippen molar-refractivity contribution in [3.8, 4) is 0 Å². The topological polar surface area (TPSA) is 37.4 Å². The van der Waals surface area contributed by atoms with E-state index in [2.05, 4.69) is 0 Å². The van der Waals surface area contributed by atoms with E-state index in [4.69, 9.17) is 0 Å². The van der Waals surface area contributed by atoms with Crippen LogP contribution in [0.4, 0.5) is 0 Å². The van der Waals surface area contributed by atoms with Gasteiger partial charge in [0, 0.05) is 29.6 Å². The summed E-state index contributed by atoms with van der Waals surface area (Å²) in [4.78, 5) is 15.0. The number of rotatable bonds is 1. The van der Waals surface area contributed by atoms with E-state index in [1.54, 1.807) is 0 Å². The average molecular weight is 271 g/mol. The van der Waals surface area contributed by atoms with Gasteiger partial charge in [-0.05, 0) is 37.8 Å². The minimum absolute atomic E-state index is 0.0854. The van der Waals surface area contributed by atoms with Crippen molar-refractivity contribution >= 4 is 28.0 Å². The minimum Gasteiger partial charge on any atom is -0.336 e. The Labute approximate surface area is 108 Å². The molecule has 3 nitrogen and oxygen atoms in total. The van der Waals surface area contributed by atoms with Crippen molar-refractivity contribution in [2.45, 2.75) is 25.5 Å². The van der Waals surface area contributed by atoms with Crippen molar-refractivity contribution in [1.29, 1.82) is 0 Å². The average Bonchev–Trinajstić information content (AvgIpc) is 2.67. The lowest BCUT2D eigenvalue weighted by atomic mass is 10.1. The zero-order valence-corrected chi connectivity index (χ0v) is 12.0. The van der Waals surface area contributed by atoms with Gasteiger partial charge in [0.2, 0.25) is 0 Å². The van der Waals surface area contributed by atoms with Crippen LogP contribution in [0, 0.1) is 6.92 Å². The van der Waals surface area contributed by atoms with Crippen LogP contribution in [0.2, 0.25) is 0 Å². The fourth-order valence-electron chi connectivity index (χ4n) is 1.99. The lowest BCUT2D eigenvalue weighted by molar-refractivity contribution is 0.0750. The van der Waals surface area contributed by atoms with Crippen LogP contribution in [0.3, 0.4) is 0 Å². The zero-order chi connectivity index (χ0) is 12.6. The van der Waals surface area contributed by atoms with Gasteiger partial charge in [-0.15, -0.1) is 11.3 Å². The molecule has 0 saturated carbocycles. The summed E-state index contributed by atoms with van der Waals surface area (Å²) in [6, 6.07) is 1.96. The summed E-state index contributed by atoms with van der Waals surface area (Å²) < 4.78 is 11.5. The number of hydrogen-bond acceptors (Lipinski definition) is 3. The summed E-state index contributed by atoms with van der Waals surface area (Å²) in [5.74, 6) is 0.672. The van der Waals surface area contributed by atoms with E-state index in [1.165, 1.54) is 11.3 Å². The second-order valence-corrected chi connectivity index (χ2v) is 8.09. The first kappa shape index (κ1) is 12.8. The molecule has 1 fully saturated rings. The predicted molar refractivity (Wildman–Crippen MR) is 72.0 cm³/mol. The number of nitrogens with zero attached hydrogens (tertiary/aromatic N) is 1. The summed E-state index contributed by atoms with van der Waals surface area (Å²) in [7, 11) is -0.830. The van der Waals surface area contributed by atoms with Crippen molar-refractivity contribution in [2.24, 2.45) is 0 Å². The maximum Gasteiger partial charge on any atom is 0.264 e. The molecule has 2 rings (SSSR count). The molecule has 0 unspecified atom stereocenters. The van der Waals surface area contributed by atoms with Gasteiger partial charge >= 0.3 is 0 Å². The maximum absolute atomic E-state index is 12.3. The van der Waals surface area contributed by atoms with E-state index >= 15 is 0 Å². The van der Waals surface area contributed by atoms with Gasteiger partial charge in [0.1, 0.15) is 0 Å². The number of aryl methyl sites for hydroxylation is 1. The molecule has 0 N–H and O–H groups in total. The van der Waals surface area contributed by atoms with Crippen LogP contribution < -0.4 is 0 Å². The molecule has 94 valence electrons. The highest BCUT2D eigenvalue weighted by molar-refractivity contribution is 7.86. The number of hydrogen-bond donors (Lipinski definition) is 0. The van der Waals surface area contributed by atoms with Gasteiger partial charge in [0.15, 0.2) is 0 Å². The minimum atomic E-state index is -0.830. The number of amides is 1. The van der Waals surface area contributed by atoms with Gasteiger partial charge in [-0.3, -0.25) is 9.00 Å². The van der Waals surface area contributed by atoms with Gasteiger partial charge in [-0.1, -0.05) is 0 Å². The molecular formula is C12H17NO2S2. The molecule has 1 aliphatic rings. The molecule has 1 atom stereocenters. The number of carbonyl (C=O) groups excluding carboxylic acids is 1. The SMILES string of the molecule is Cc1ccsc1C(=O)N1CC[S@](=O)C(C)(C)C1. The molecule has 2 heterocycles. The molecule has 0 bridgehead atoms. The van der Waals surface area contributed by atoms with E-state index in [1.807, 2.05) is 37.1 Å². The first-order valence-electron chi connectivity index (χ1n) is 5.64. The number of thiophene rings is 1. The maximum atomic E-state index is 12.3. The summed E-state index contributed by atoms with van der Waals surface area (Å²) in [6.45, 7) is 7.06. The van der Waals surface area contributed by atoms with Crippen LogP contribution in [0.25, 0.3) is 0 Å². The lowest BCUT2D eigenvalue weighted by Gasteiger charge is -2.37. The summed E-state index contributed by atoms with van der Waals surface area (Å²) >= 11 is 1.49. The third-order valence-corrected chi connectivity index (χ3v) is 6.00. The van der Waals surface area contributed by atoms with Gasteiger partial charge in [-0.2, -0.15) is 0 Å². The first-order chi connectivity index (χ1) is 7.92.